The molecule has 21 heavy (non-hydrogen) atoms. The minimum Gasteiger partial charge on any atom is -0.435 e. The quantitative estimate of drug-likeness (QED) is 0.825. The molecule has 2 rings (SSSR count). The SMILES string of the molecule is CCCNc1nc(Oc2cc(F)ccc2Br)c(F)cc1F. The van der Waals surface area contributed by atoms with Crippen molar-refractivity contribution in [3.63, 3.8) is 0 Å². The van der Waals surface area contributed by atoms with Crippen molar-refractivity contribution in [2.24, 2.45) is 0 Å². The Kier molecular flexibility index (Phi) is 5.06. The fourth-order valence-corrected chi connectivity index (χ4v) is 1.88. The van der Waals surface area contributed by atoms with E-state index in [9.17, 15) is 13.2 Å². The summed E-state index contributed by atoms with van der Waals surface area (Å²) < 4.78 is 46.1. The zero-order valence-corrected chi connectivity index (χ0v) is 12.7. The maximum absolute atomic E-state index is 13.7. The van der Waals surface area contributed by atoms with Gasteiger partial charge >= 0.3 is 0 Å². The molecule has 0 aliphatic carbocycles. The number of hydrogen-bond acceptors (Lipinski definition) is 3. The van der Waals surface area contributed by atoms with Crippen molar-refractivity contribution < 1.29 is 17.9 Å². The Morgan fingerprint density at radius 2 is 1.95 bits per heavy atom. The molecule has 0 amide bonds. The number of benzene rings is 1. The highest BCUT2D eigenvalue weighted by Gasteiger charge is 2.15. The summed E-state index contributed by atoms with van der Waals surface area (Å²) in [7, 11) is 0. The van der Waals surface area contributed by atoms with Gasteiger partial charge in [-0.15, -0.1) is 0 Å². The Bertz CT molecular complexity index is 652. The average molecular weight is 361 g/mol. The molecule has 1 aromatic carbocycles. The Morgan fingerprint density at radius 3 is 2.67 bits per heavy atom. The van der Waals surface area contributed by atoms with Crippen LogP contribution in [0.4, 0.5) is 19.0 Å². The summed E-state index contributed by atoms with van der Waals surface area (Å²) >= 11 is 3.16. The van der Waals surface area contributed by atoms with Crippen molar-refractivity contribution >= 4 is 21.7 Å². The first-order valence-electron chi connectivity index (χ1n) is 6.24. The molecule has 7 heteroatoms. The molecular weight excluding hydrogens is 349 g/mol. The van der Waals surface area contributed by atoms with E-state index in [0.29, 0.717) is 17.1 Å². The number of anilines is 1. The summed E-state index contributed by atoms with van der Waals surface area (Å²) in [5.74, 6) is -2.81. The predicted molar refractivity (Wildman–Crippen MR) is 77.1 cm³/mol. The summed E-state index contributed by atoms with van der Waals surface area (Å²) in [6.07, 6.45) is 0.754. The van der Waals surface area contributed by atoms with Gasteiger partial charge in [0.25, 0.3) is 5.88 Å². The standard InChI is InChI=1S/C14H12BrF3N2O/c1-2-5-19-13-10(17)7-11(18)14(20-13)21-12-6-8(16)3-4-9(12)15/h3-4,6-7H,2,5H2,1H3,(H,19,20). The topological polar surface area (TPSA) is 34.2 Å². The molecular formula is C14H12BrF3N2O. The van der Waals surface area contributed by atoms with Crippen molar-refractivity contribution in [3.05, 3.63) is 46.2 Å². The number of nitrogens with one attached hydrogen (secondary N) is 1. The Morgan fingerprint density at radius 1 is 1.19 bits per heavy atom. The Labute approximate surface area is 128 Å². The molecule has 1 N–H and O–H groups in total. The third-order valence-electron chi connectivity index (χ3n) is 2.54. The van der Waals surface area contributed by atoms with Crippen molar-refractivity contribution in [1.82, 2.24) is 4.98 Å². The van der Waals surface area contributed by atoms with Gasteiger partial charge in [0.15, 0.2) is 17.5 Å². The van der Waals surface area contributed by atoms with E-state index in [-0.39, 0.29) is 11.6 Å². The van der Waals surface area contributed by atoms with Gasteiger partial charge in [0.05, 0.1) is 4.47 Å². The zero-order valence-electron chi connectivity index (χ0n) is 11.1. The van der Waals surface area contributed by atoms with Crippen LogP contribution < -0.4 is 10.1 Å². The van der Waals surface area contributed by atoms with Gasteiger partial charge in [0, 0.05) is 18.7 Å². The molecule has 0 radical (unpaired) electrons. The van der Waals surface area contributed by atoms with E-state index in [4.69, 9.17) is 4.74 Å². The Balaban J connectivity index is 2.32. The molecule has 0 aliphatic rings. The molecule has 2 aromatic rings. The van der Waals surface area contributed by atoms with Crippen molar-refractivity contribution in [1.29, 1.82) is 0 Å². The van der Waals surface area contributed by atoms with Crippen LogP contribution in [0.3, 0.4) is 0 Å². The average Bonchev–Trinajstić information content (AvgIpc) is 2.44. The van der Waals surface area contributed by atoms with Crippen molar-refractivity contribution in [2.75, 3.05) is 11.9 Å². The van der Waals surface area contributed by atoms with Crippen LogP contribution in [0.5, 0.6) is 11.6 Å². The van der Waals surface area contributed by atoms with Crippen LogP contribution in [0.15, 0.2) is 28.7 Å². The second kappa shape index (κ2) is 6.80. The second-order valence-electron chi connectivity index (χ2n) is 4.21. The largest absolute Gasteiger partial charge is 0.435 e. The number of nitrogens with zero attached hydrogens (tertiary/aromatic N) is 1. The molecule has 0 saturated heterocycles. The second-order valence-corrected chi connectivity index (χ2v) is 5.06. The minimum absolute atomic E-state index is 0.0504. The van der Waals surface area contributed by atoms with Crippen LogP contribution in [0.2, 0.25) is 0 Å². The summed E-state index contributed by atoms with van der Waals surface area (Å²) in [6.45, 7) is 2.38. The van der Waals surface area contributed by atoms with E-state index in [1.807, 2.05) is 6.92 Å². The smallest absolute Gasteiger partial charge is 0.258 e. The highest BCUT2D eigenvalue weighted by molar-refractivity contribution is 9.10. The first-order valence-corrected chi connectivity index (χ1v) is 7.03. The van der Waals surface area contributed by atoms with Gasteiger partial charge in [0.1, 0.15) is 11.6 Å². The van der Waals surface area contributed by atoms with Crippen LogP contribution in [-0.4, -0.2) is 11.5 Å². The summed E-state index contributed by atoms with van der Waals surface area (Å²) in [6, 6.07) is 4.39. The number of ether oxygens (including phenoxy) is 1. The number of hydrogen-bond donors (Lipinski definition) is 1. The number of halogens is 4. The number of aromatic nitrogens is 1. The van der Waals surface area contributed by atoms with E-state index >= 15 is 0 Å². The molecule has 0 fully saturated rings. The van der Waals surface area contributed by atoms with Crippen LogP contribution in [0.1, 0.15) is 13.3 Å². The molecule has 0 aliphatic heterocycles. The van der Waals surface area contributed by atoms with E-state index in [1.165, 1.54) is 12.1 Å². The lowest BCUT2D eigenvalue weighted by Gasteiger charge is -2.11. The molecule has 1 aromatic heterocycles. The van der Waals surface area contributed by atoms with Crippen LogP contribution in [0, 0.1) is 17.5 Å². The van der Waals surface area contributed by atoms with Gasteiger partial charge in [0.2, 0.25) is 0 Å². The summed E-state index contributed by atoms with van der Waals surface area (Å²) in [5.41, 5.74) is 0. The Hall–Kier alpha value is -1.76. The summed E-state index contributed by atoms with van der Waals surface area (Å²) in [4.78, 5) is 3.75. The fraction of sp³-hybridized carbons (Fsp3) is 0.214. The predicted octanol–water partition coefficient (Wildman–Crippen LogP) is 4.88. The maximum Gasteiger partial charge on any atom is 0.258 e. The zero-order chi connectivity index (χ0) is 15.4. The molecule has 0 bridgehead atoms. The highest BCUT2D eigenvalue weighted by Crippen LogP contribution is 2.31. The van der Waals surface area contributed by atoms with Crippen LogP contribution in [-0.2, 0) is 0 Å². The van der Waals surface area contributed by atoms with E-state index in [0.717, 1.165) is 12.5 Å². The normalized spacial score (nSPS) is 10.5. The van der Waals surface area contributed by atoms with Crippen LogP contribution >= 0.6 is 15.9 Å². The first-order chi connectivity index (χ1) is 10.0. The summed E-state index contributed by atoms with van der Waals surface area (Å²) in [5, 5.41) is 2.72. The van der Waals surface area contributed by atoms with Gasteiger partial charge in [-0.1, -0.05) is 6.92 Å². The minimum atomic E-state index is -0.967. The van der Waals surface area contributed by atoms with Gasteiger partial charge in [-0.05, 0) is 34.5 Å². The fourth-order valence-electron chi connectivity index (χ4n) is 1.55. The lowest BCUT2D eigenvalue weighted by Crippen LogP contribution is -2.06. The van der Waals surface area contributed by atoms with E-state index in [2.05, 4.69) is 26.2 Å². The third kappa shape index (κ3) is 3.87. The monoisotopic (exact) mass is 360 g/mol. The lowest BCUT2D eigenvalue weighted by molar-refractivity contribution is 0.413. The van der Waals surface area contributed by atoms with Crippen molar-refractivity contribution in [2.45, 2.75) is 13.3 Å². The first kappa shape index (κ1) is 15.6. The highest BCUT2D eigenvalue weighted by atomic mass is 79.9. The van der Waals surface area contributed by atoms with E-state index in [1.54, 1.807) is 0 Å². The molecule has 112 valence electrons. The third-order valence-corrected chi connectivity index (χ3v) is 3.19. The lowest BCUT2D eigenvalue weighted by atomic mass is 10.3. The molecule has 0 saturated carbocycles. The van der Waals surface area contributed by atoms with Crippen LogP contribution in [0.25, 0.3) is 0 Å². The van der Waals surface area contributed by atoms with Gasteiger partial charge in [-0.3, -0.25) is 0 Å². The number of pyridine rings is 1. The molecule has 0 atom stereocenters. The molecule has 3 nitrogen and oxygen atoms in total. The number of rotatable bonds is 5. The van der Waals surface area contributed by atoms with Crippen molar-refractivity contribution in [3.8, 4) is 11.6 Å². The van der Waals surface area contributed by atoms with Gasteiger partial charge in [-0.25, -0.2) is 13.2 Å². The molecule has 1 heterocycles. The van der Waals surface area contributed by atoms with Gasteiger partial charge in [-0.2, -0.15) is 4.98 Å². The maximum atomic E-state index is 13.7. The van der Waals surface area contributed by atoms with Gasteiger partial charge < -0.3 is 10.1 Å². The van der Waals surface area contributed by atoms with E-state index < -0.39 is 23.3 Å². The molecule has 0 spiro atoms. The molecule has 0 unspecified atom stereocenters.